The summed E-state index contributed by atoms with van der Waals surface area (Å²) in [6.45, 7) is 2.97. The Bertz CT molecular complexity index is 1290. The van der Waals surface area contributed by atoms with E-state index in [4.69, 9.17) is 21.1 Å². The number of fused-ring (bicyclic) bond motifs is 7. The monoisotopic (exact) mass is 582 g/mol. The first kappa shape index (κ1) is 26.9. The van der Waals surface area contributed by atoms with E-state index in [0.717, 1.165) is 80.2 Å². The molecule has 0 aromatic heterocycles. The van der Waals surface area contributed by atoms with Crippen molar-refractivity contribution >= 4 is 35.1 Å². The molecule has 7 rings (SSSR count). The van der Waals surface area contributed by atoms with Crippen molar-refractivity contribution in [3.63, 3.8) is 0 Å². The minimum absolute atomic E-state index is 0.0807. The van der Waals surface area contributed by atoms with Gasteiger partial charge < -0.3 is 19.5 Å². The van der Waals surface area contributed by atoms with Crippen LogP contribution in [0.4, 0.5) is 5.69 Å². The van der Waals surface area contributed by atoms with Crippen molar-refractivity contribution in [3.8, 4) is 5.75 Å². The van der Waals surface area contributed by atoms with Crippen molar-refractivity contribution in [2.45, 2.75) is 74.9 Å². The van der Waals surface area contributed by atoms with E-state index in [9.17, 15) is 9.90 Å². The summed E-state index contributed by atoms with van der Waals surface area (Å²) in [4.78, 5) is 15.7. The van der Waals surface area contributed by atoms with Crippen molar-refractivity contribution in [1.82, 2.24) is 4.72 Å². The lowest BCUT2D eigenvalue weighted by Gasteiger charge is -2.49. The molecule has 4 bridgehead atoms. The average Bonchev–Trinajstić information content (AvgIpc) is 3.07. The highest BCUT2D eigenvalue weighted by atomic mass is 35.5. The highest BCUT2D eigenvalue weighted by Crippen LogP contribution is 2.48. The summed E-state index contributed by atoms with van der Waals surface area (Å²) in [5, 5.41) is 12.2. The number of aliphatic hydroxyl groups is 1. The SMILES string of the molecule is O=C1NSCCC[C@]2(O)CCO[C@@H](C2)[C@@H]2CC[C@H]2CN2C[C@@]3(CCCc4cc(Cl)ccc43)COc3ccc1cc32. The minimum atomic E-state index is -0.671. The fraction of sp³-hybridized carbons (Fsp3) is 0.594. The van der Waals surface area contributed by atoms with Crippen molar-refractivity contribution in [3.05, 3.63) is 58.1 Å². The van der Waals surface area contributed by atoms with Crippen molar-refractivity contribution in [2.24, 2.45) is 11.8 Å². The molecular weight excluding hydrogens is 544 g/mol. The van der Waals surface area contributed by atoms with Gasteiger partial charge in [-0.05, 0) is 105 Å². The summed E-state index contributed by atoms with van der Waals surface area (Å²) < 4.78 is 16.0. The highest BCUT2D eigenvalue weighted by molar-refractivity contribution is 7.97. The van der Waals surface area contributed by atoms with Gasteiger partial charge in [-0.25, -0.2) is 0 Å². The second-order valence-corrected chi connectivity index (χ2v) is 14.1. The molecule has 2 aliphatic carbocycles. The Hall–Kier alpha value is -1.93. The number of hydrogen-bond donors (Lipinski definition) is 2. The normalized spacial score (nSPS) is 34.0. The van der Waals surface area contributed by atoms with E-state index in [1.807, 2.05) is 24.3 Å². The zero-order valence-electron chi connectivity index (χ0n) is 23.0. The van der Waals surface area contributed by atoms with E-state index in [1.54, 1.807) is 0 Å². The topological polar surface area (TPSA) is 71.0 Å². The highest BCUT2D eigenvalue weighted by Gasteiger charge is 2.47. The van der Waals surface area contributed by atoms with Crippen LogP contribution in [0, 0.1) is 11.8 Å². The van der Waals surface area contributed by atoms with Crippen LogP contribution in [0.2, 0.25) is 5.02 Å². The number of amides is 1. The van der Waals surface area contributed by atoms with E-state index in [2.05, 4.69) is 21.8 Å². The molecule has 2 aromatic rings. The number of carbonyl (C=O) groups excluding carboxylic acids is 1. The predicted octanol–water partition coefficient (Wildman–Crippen LogP) is 5.92. The van der Waals surface area contributed by atoms with Gasteiger partial charge >= 0.3 is 0 Å². The number of benzene rings is 2. The smallest absolute Gasteiger partial charge is 0.261 e. The molecule has 214 valence electrons. The van der Waals surface area contributed by atoms with E-state index >= 15 is 0 Å². The number of nitrogens with one attached hydrogen (secondary N) is 1. The quantitative estimate of drug-likeness (QED) is 0.376. The Morgan fingerprint density at radius 3 is 2.90 bits per heavy atom. The molecule has 2 aromatic carbocycles. The first-order valence-electron chi connectivity index (χ1n) is 15.0. The Kier molecular flexibility index (Phi) is 7.22. The lowest BCUT2D eigenvalue weighted by Crippen LogP contribution is -2.52. The van der Waals surface area contributed by atoms with Crippen LogP contribution in [0.5, 0.6) is 5.75 Å². The van der Waals surface area contributed by atoms with Gasteiger partial charge in [0.2, 0.25) is 0 Å². The van der Waals surface area contributed by atoms with Gasteiger partial charge in [0, 0.05) is 47.9 Å². The molecule has 40 heavy (non-hydrogen) atoms. The summed E-state index contributed by atoms with van der Waals surface area (Å²) in [6, 6.07) is 12.3. The molecule has 1 amide bonds. The molecule has 1 saturated heterocycles. The molecule has 8 heteroatoms. The van der Waals surface area contributed by atoms with Gasteiger partial charge in [0.25, 0.3) is 5.91 Å². The van der Waals surface area contributed by atoms with Crippen LogP contribution in [-0.4, -0.2) is 54.8 Å². The molecule has 0 radical (unpaired) electrons. The molecule has 3 heterocycles. The van der Waals surface area contributed by atoms with E-state index < -0.39 is 5.60 Å². The second-order valence-electron chi connectivity index (χ2n) is 12.8. The Morgan fingerprint density at radius 2 is 2.02 bits per heavy atom. The maximum atomic E-state index is 13.2. The zero-order valence-corrected chi connectivity index (χ0v) is 24.6. The zero-order chi connectivity index (χ0) is 27.3. The van der Waals surface area contributed by atoms with E-state index in [0.29, 0.717) is 43.5 Å². The molecule has 0 unspecified atom stereocenters. The van der Waals surface area contributed by atoms with Gasteiger partial charge in [0.15, 0.2) is 0 Å². The van der Waals surface area contributed by atoms with Crippen LogP contribution in [0.25, 0.3) is 0 Å². The predicted molar refractivity (Wildman–Crippen MR) is 160 cm³/mol. The molecular formula is C32H39ClN2O4S. The Balaban J connectivity index is 1.26. The molecule has 6 nitrogen and oxygen atoms in total. The van der Waals surface area contributed by atoms with Crippen LogP contribution in [0.3, 0.4) is 0 Å². The maximum Gasteiger partial charge on any atom is 0.261 e. The van der Waals surface area contributed by atoms with Gasteiger partial charge in [-0.1, -0.05) is 29.6 Å². The summed E-state index contributed by atoms with van der Waals surface area (Å²) in [5.41, 5.74) is 3.53. The maximum absolute atomic E-state index is 13.2. The molecule has 1 spiro atoms. The van der Waals surface area contributed by atoms with Crippen LogP contribution in [-0.2, 0) is 16.6 Å². The third-order valence-electron chi connectivity index (χ3n) is 10.2. The van der Waals surface area contributed by atoms with Crippen LogP contribution in [0.15, 0.2) is 36.4 Å². The first-order chi connectivity index (χ1) is 19.4. The molecule has 5 aliphatic rings. The molecule has 5 atom stereocenters. The fourth-order valence-electron chi connectivity index (χ4n) is 7.94. The molecule has 1 saturated carbocycles. The number of rotatable bonds is 0. The number of aryl methyl sites for hydroxylation is 1. The lowest BCUT2D eigenvalue weighted by atomic mass is 9.66. The second kappa shape index (κ2) is 10.7. The van der Waals surface area contributed by atoms with Crippen LogP contribution < -0.4 is 14.4 Å². The van der Waals surface area contributed by atoms with Crippen LogP contribution in [0.1, 0.15) is 72.9 Å². The molecule has 2 N–H and O–H groups in total. The van der Waals surface area contributed by atoms with E-state index in [1.165, 1.54) is 23.1 Å². The summed E-state index contributed by atoms with van der Waals surface area (Å²) in [6.07, 6.45) is 8.64. The standard InChI is InChI=1S/C32H39ClN2O4S/c33-24-6-8-26-21(15-24)3-1-10-31(26)19-35-18-23-4-7-25(23)29-17-32(37,12-13-38-29)11-2-14-40-34-30(36)22-5-9-28(39-20-31)27(35)16-22/h5-6,8-9,15-16,23,25,29,37H,1-4,7,10-14,17-20H2,(H,34,36)/t23-,25+,29-,31-,32-/m0/s1. The number of carbonyl (C=O) groups is 1. The fourth-order valence-corrected chi connectivity index (χ4v) is 8.77. The van der Waals surface area contributed by atoms with Gasteiger partial charge in [0.05, 0.1) is 24.0 Å². The van der Waals surface area contributed by atoms with Crippen LogP contribution >= 0.6 is 23.5 Å². The summed E-state index contributed by atoms with van der Waals surface area (Å²) >= 11 is 7.85. The van der Waals surface area contributed by atoms with E-state index in [-0.39, 0.29) is 17.4 Å². The third-order valence-corrected chi connectivity index (χ3v) is 11.3. The van der Waals surface area contributed by atoms with Gasteiger partial charge in [0.1, 0.15) is 5.75 Å². The van der Waals surface area contributed by atoms with Gasteiger partial charge in [-0.3, -0.25) is 9.52 Å². The number of hydrogen-bond acceptors (Lipinski definition) is 6. The lowest BCUT2D eigenvalue weighted by molar-refractivity contribution is -0.144. The number of halogens is 1. The Morgan fingerprint density at radius 1 is 1.10 bits per heavy atom. The number of ether oxygens (including phenoxy) is 2. The summed E-state index contributed by atoms with van der Waals surface area (Å²) in [7, 11) is 0. The van der Waals surface area contributed by atoms with Crippen molar-refractivity contribution < 1.29 is 19.4 Å². The third kappa shape index (κ3) is 5.01. The minimum Gasteiger partial charge on any atom is -0.490 e. The molecule has 3 aliphatic heterocycles. The number of anilines is 1. The average molecular weight is 583 g/mol. The van der Waals surface area contributed by atoms with Gasteiger partial charge in [-0.15, -0.1) is 0 Å². The first-order valence-corrected chi connectivity index (χ1v) is 16.3. The van der Waals surface area contributed by atoms with Crippen molar-refractivity contribution in [1.29, 1.82) is 0 Å². The number of nitrogens with zero attached hydrogens (tertiary/aromatic N) is 1. The Labute approximate surface area is 246 Å². The largest absolute Gasteiger partial charge is 0.490 e. The van der Waals surface area contributed by atoms with Crippen molar-refractivity contribution in [2.75, 3.05) is 37.0 Å². The van der Waals surface area contributed by atoms with Gasteiger partial charge in [-0.2, -0.15) is 0 Å². The molecule has 2 fully saturated rings. The summed E-state index contributed by atoms with van der Waals surface area (Å²) in [5.74, 6) is 2.47.